The number of aromatic nitrogens is 3. The van der Waals surface area contributed by atoms with E-state index >= 15 is 0 Å². The van der Waals surface area contributed by atoms with Crippen LogP contribution in [0, 0.1) is 0 Å². The average molecular weight is 445 g/mol. The van der Waals surface area contributed by atoms with E-state index in [0.717, 1.165) is 11.1 Å². The first kappa shape index (κ1) is 21.8. The topological polar surface area (TPSA) is 149 Å². The summed E-state index contributed by atoms with van der Waals surface area (Å²) in [5, 5.41) is 2.71. The molecular weight excluding hydrogens is 422 g/mol. The zero-order valence-corrected chi connectivity index (χ0v) is 17.8. The number of hydrogen-bond donors (Lipinski definition) is 3. The summed E-state index contributed by atoms with van der Waals surface area (Å²) >= 11 is 0. The van der Waals surface area contributed by atoms with Crippen molar-refractivity contribution >= 4 is 23.5 Å². The lowest BCUT2D eigenvalue weighted by Crippen LogP contribution is -2.32. The number of primary amides is 1. The molecule has 3 aromatic rings. The highest BCUT2D eigenvalue weighted by Crippen LogP contribution is 2.34. The maximum atomic E-state index is 12.5. The first-order valence-electron chi connectivity index (χ1n) is 10.3. The van der Waals surface area contributed by atoms with Crippen LogP contribution in [0.15, 0.2) is 61.3 Å². The van der Waals surface area contributed by atoms with Crippen LogP contribution in [-0.2, 0) is 4.79 Å². The number of imidazole rings is 1. The van der Waals surface area contributed by atoms with Crippen molar-refractivity contribution < 1.29 is 14.4 Å². The molecular formula is C23H23N7O3. The Hall–Kier alpha value is -4.47. The van der Waals surface area contributed by atoms with Crippen molar-refractivity contribution in [3.8, 4) is 11.3 Å². The molecule has 168 valence electrons. The summed E-state index contributed by atoms with van der Waals surface area (Å²) in [5.74, 6) is 5.70. The number of carbonyl (C=O) groups is 3. The molecule has 33 heavy (non-hydrogen) atoms. The van der Waals surface area contributed by atoms with Gasteiger partial charge in [0.1, 0.15) is 11.5 Å². The van der Waals surface area contributed by atoms with Crippen LogP contribution in [0.5, 0.6) is 0 Å². The van der Waals surface area contributed by atoms with Crippen LogP contribution in [0.3, 0.4) is 0 Å². The van der Waals surface area contributed by atoms with Crippen LogP contribution >= 0.6 is 0 Å². The Bertz CT molecular complexity index is 1220. The summed E-state index contributed by atoms with van der Waals surface area (Å²) in [6.07, 6.45) is 4.25. The standard InChI is InChI=1S/C23H23N7O3/c1-2-18(31)29-13-5-6-16(29)22-28-19(20(21(24)32)30(22)25)14-8-10-15(11-9-14)23(33)27-17-7-3-4-12-26-17/h2-4,7-12,16H,1,5-6,13,25H2,(H2,24,32)(H,26,27,33)/t16-/m0/s1. The normalized spacial score (nSPS) is 15.3. The number of nitrogens with two attached hydrogens (primary N) is 2. The summed E-state index contributed by atoms with van der Waals surface area (Å²) in [6, 6.07) is 11.4. The number of pyridine rings is 1. The Morgan fingerprint density at radius 2 is 1.91 bits per heavy atom. The Labute approximate surface area is 189 Å². The number of anilines is 1. The lowest BCUT2D eigenvalue weighted by Gasteiger charge is -2.22. The molecule has 1 aliphatic rings. The van der Waals surface area contributed by atoms with Crippen molar-refractivity contribution in [3.05, 3.63) is 78.4 Å². The molecule has 1 saturated heterocycles. The number of likely N-dealkylation sites (tertiary alicyclic amines) is 1. The van der Waals surface area contributed by atoms with E-state index in [1.807, 2.05) is 0 Å². The lowest BCUT2D eigenvalue weighted by atomic mass is 10.1. The predicted octanol–water partition coefficient (Wildman–Crippen LogP) is 1.86. The molecule has 1 fully saturated rings. The molecule has 1 atom stereocenters. The maximum absolute atomic E-state index is 12.5. The van der Waals surface area contributed by atoms with E-state index in [1.165, 1.54) is 6.08 Å². The molecule has 10 nitrogen and oxygen atoms in total. The van der Waals surface area contributed by atoms with Gasteiger partial charge in [-0.2, -0.15) is 0 Å². The minimum Gasteiger partial charge on any atom is -0.364 e. The molecule has 1 aliphatic heterocycles. The van der Waals surface area contributed by atoms with Gasteiger partial charge in [-0.05, 0) is 43.2 Å². The molecule has 0 unspecified atom stereocenters. The van der Waals surface area contributed by atoms with Crippen molar-refractivity contribution in [2.45, 2.75) is 18.9 Å². The quantitative estimate of drug-likeness (QED) is 0.389. The second-order valence-corrected chi connectivity index (χ2v) is 7.54. The highest BCUT2D eigenvalue weighted by Gasteiger charge is 2.34. The van der Waals surface area contributed by atoms with E-state index < -0.39 is 11.9 Å². The number of nitrogen functional groups attached to an aromatic ring is 1. The van der Waals surface area contributed by atoms with Crippen LogP contribution in [0.25, 0.3) is 11.3 Å². The summed E-state index contributed by atoms with van der Waals surface area (Å²) in [7, 11) is 0. The van der Waals surface area contributed by atoms with Gasteiger partial charge in [-0.1, -0.05) is 24.8 Å². The van der Waals surface area contributed by atoms with Crippen molar-refractivity contribution in [2.24, 2.45) is 5.73 Å². The van der Waals surface area contributed by atoms with E-state index in [9.17, 15) is 14.4 Å². The third-order valence-corrected chi connectivity index (χ3v) is 5.51. The monoisotopic (exact) mass is 445 g/mol. The molecule has 3 amide bonds. The smallest absolute Gasteiger partial charge is 0.269 e. The molecule has 0 bridgehead atoms. The van der Waals surface area contributed by atoms with Gasteiger partial charge < -0.3 is 21.8 Å². The van der Waals surface area contributed by atoms with Gasteiger partial charge in [0.25, 0.3) is 11.8 Å². The fraction of sp³-hybridized carbons (Fsp3) is 0.174. The average Bonchev–Trinajstić information content (AvgIpc) is 3.43. The molecule has 3 heterocycles. The van der Waals surface area contributed by atoms with Crippen molar-refractivity contribution in [1.82, 2.24) is 19.5 Å². The Morgan fingerprint density at radius 1 is 1.15 bits per heavy atom. The predicted molar refractivity (Wildman–Crippen MR) is 122 cm³/mol. The molecule has 4 rings (SSSR count). The number of nitrogens with zero attached hydrogens (tertiary/aromatic N) is 4. The van der Waals surface area contributed by atoms with Crippen molar-refractivity contribution in [1.29, 1.82) is 0 Å². The molecule has 2 aromatic heterocycles. The van der Waals surface area contributed by atoms with E-state index in [2.05, 4.69) is 21.9 Å². The van der Waals surface area contributed by atoms with Crippen LogP contribution < -0.4 is 16.9 Å². The summed E-state index contributed by atoms with van der Waals surface area (Å²) in [6.45, 7) is 4.09. The number of rotatable bonds is 6. The zero-order valence-electron chi connectivity index (χ0n) is 17.8. The Kier molecular flexibility index (Phi) is 5.90. The molecule has 0 saturated carbocycles. The van der Waals surface area contributed by atoms with Crippen molar-refractivity contribution in [2.75, 3.05) is 17.7 Å². The fourth-order valence-corrected chi connectivity index (χ4v) is 3.94. The minimum atomic E-state index is -0.747. The minimum absolute atomic E-state index is 0.0218. The van der Waals surface area contributed by atoms with E-state index in [1.54, 1.807) is 53.6 Å². The van der Waals surface area contributed by atoms with Crippen LogP contribution in [0.4, 0.5) is 5.82 Å². The highest BCUT2D eigenvalue weighted by molar-refractivity contribution is 6.04. The summed E-state index contributed by atoms with van der Waals surface area (Å²) < 4.78 is 1.15. The fourth-order valence-electron chi connectivity index (χ4n) is 3.94. The van der Waals surface area contributed by atoms with Crippen LogP contribution in [-0.4, -0.2) is 43.8 Å². The van der Waals surface area contributed by atoms with Gasteiger partial charge in [0.2, 0.25) is 5.91 Å². The molecule has 5 N–H and O–H groups in total. The van der Waals surface area contributed by atoms with Gasteiger partial charge >= 0.3 is 0 Å². The third-order valence-electron chi connectivity index (χ3n) is 5.51. The highest BCUT2D eigenvalue weighted by atomic mass is 16.2. The van der Waals surface area contributed by atoms with Gasteiger partial charge in [-0.15, -0.1) is 0 Å². The Balaban J connectivity index is 1.65. The van der Waals surface area contributed by atoms with Gasteiger partial charge in [0.15, 0.2) is 11.5 Å². The first-order valence-corrected chi connectivity index (χ1v) is 10.3. The van der Waals surface area contributed by atoms with Crippen LogP contribution in [0.2, 0.25) is 0 Å². The number of nitrogens with one attached hydrogen (secondary N) is 1. The van der Waals surface area contributed by atoms with Crippen LogP contribution in [0.1, 0.15) is 45.6 Å². The van der Waals surface area contributed by atoms with Crippen molar-refractivity contribution in [3.63, 3.8) is 0 Å². The second-order valence-electron chi connectivity index (χ2n) is 7.54. The molecule has 0 radical (unpaired) electrons. The third kappa shape index (κ3) is 4.18. The largest absolute Gasteiger partial charge is 0.364 e. The van der Waals surface area contributed by atoms with Gasteiger partial charge in [0, 0.05) is 23.9 Å². The lowest BCUT2D eigenvalue weighted by molar-refractivity contribution is -0.127. The zero-order chi connectivity index (χ0) is 23.5. The maximum Gasteiger partial charge on any atom is 0.269 e. The molecule has 0 spiro atoms. The van der Waals surface area contributed by atoms with Gasteiger partial charge in [0.05, 0.1) is 6.04 Å². The molecule has 0 aliphatic carbocycles. The number of amides is 3. The molecule has 10 heteroatoms. The number of benzene rings is 1. The van der Waals surface area contributed by atoms with Gasteiger partial charge in [-0.3, -0.25) is 14.4 Å². The summed E-state index contributed by atoms with van der Waals surface area (Å²) in [4.78, 5) is 47.2. The number of carbonyl (C=O) groups excluding carboxylic acids is 3. The number of hydrogen-bond acceptors (Lipinski definition) is 6. The van der Waals surface area contributed by atoms with E-state index in [0.29, 0.717) is 35.7 Å². The van der Waals surface area contributed by atoms with Gasteiger partial charge in [-0.25, -0.2) is 14.6 Å². The first-order chi connectivity index (χ1) is 15.9. The Morgan fingerprint density at radius 3 is 2.55 bits per heavy atom. The second kappa shape index (κ2) is 8.95. The summed E-state index contributed by atoms with van der Waals surface area (Å²) in [5.41, 5.74) is 6.87. The van der Waals surface area contributed by atoms with E-state index in [4.69, 9.17) is 11.6 Å². The molecule has 1 aromatic carbocycles. The SMILES string of the molecule is C=CC(=O)N1CCC[C@H]1c1nc(-c2ccc(C(=O)Nc3ccccn3)cc2)c(C(N)=O)n1N. The van der Waals surface area contributed by atoms with E-state index in [-0.39, 0.29) is 23.2 Å².